The third-order valence-electron chi connectivity index (χ3n) is 5.67. The number of halogens is 1. The molecule has 1 atom stereocenters. The van der Waals surface area contributed by atoms with Crippen LogP contribution in [0.3, 0.4) is 0 Å². The van der Waals surface area contributed by atoms with Crippen LogP contribution in [0.15, 0.2) is 65.6 Å². The van der Waals surface area contributed by atoms with Gasteiger partial charge in [0.25, 0.3) is 0 Å². The molecule has 0 aliphatic heterocycles. The van der Waals surface area contributed by atoms with E-state index in [-0.39, 0.29) is 46.3 Å². The van der Waals surface area contributed by atoms with Gasteiger partial charge in [-0.3, -0.25) is 0 Å². The zero-order chi connectivity index (χ0) is 21.6. The van der Waals surface area contributed by atoms with Crippen molar-refractivity contribution in [2.45, 2.75) is 48.8 Å². The first-order valence-corrected chi connectivity index (χ1v) is 11.9. The van der Waals surface area contributed by atoms with Gasteiger partial charge in [0.05, 0.1) is 4.90 Å². The number of sulfonamides is 1. The fourth-order valence-corrected chi connectivity index (χ4v) is 5.25. The summed E-state index contributed by atoms with van der Waals surface area (Å²) in [6.45, 7) is 0.312. The Labute approximate surface area is 211 Å². The first kappa shape index (κ1) is 26.1. The van der Waals surface area contributed by atoms with E-state index >= 15 is 0 Å². The van der Waals surface area contributed by atoms with Gasteiger partial charge < -0.3 is 9.90 Å². The summed E-state index contributed by atoms with van der Waals surface area (Å²) in [4.78, 5) is 10.8. The molecule has 0 aromatic heterocycles. The molecule has 0 fully saturated rings. The van der Waals surface area contributed by atoms with Crippen molar-refractivity contribution in [2.24, 2.45) is 0 Å². The van der Waals surface area contributed by atoms with Crippen LogP contribution in [-0.4, -0.2) is 20.9 Å². The van der Waals surface area contributed by atoms with Gasteiger partial charge in [-0.25, -0.2) is 13.1 Å². The van der Waals surface area contributed by atoms with Gasteiger partial charge in [0.15, 0.2) is 0 Å². The maximum Gasteiger partial charge on any atom is 1.00 e. The van der Waals surface area contributed by atoms with Gasteiger partial charge in [0.1, 0.15) is 0 Å². The summed E-state index contributed by atoms with van der Waals surface area (Å²) in [5.41, 5.74) is 2.37. The second-order valence-electron chi connectivity index (χ2n) is 7.63. The van der Waals surface area contributed by atoms with E-state index in [0.717, 1.165) is 19.3 Å². The van der Waals surface area contributed by atoms with Crippen LogP contribution in [-0.2, 0) is 26.7 Å². The second kappa shape index (κ2) is 11.6. The summed E-state index contributed by atoms with van der Waals surface area (Å²) in [5.74, 6) is -1.06. The van der Waals surface area contributed by atoms with E-state index in [1.165, 1.54) is 23.3 Å². The maximum atomic E-state index is 12.6. The number of nitrogens with one attached hydrogen (secondary N) is 1. The van der Waals surface area contributed by atoms with Crippen molar-refractivity contribution in [3.8, 4) is 0 Å². The van der Waals surface area contributed by atoms with Gasteiger partial charge in [-0.15, -0.1) is 0 Å². The Balaban J connectivity index is 0.00000341. The minimum absolute atomic E-state index is 0. The zero-order valence-electron chi connectivity index (χ0n) is 17.6. The molecule has 2 aromatic rings. The molecule has 160 valence electrons. The van der Waals surface area contributed by atoms with Crippen LogP contribution < -0.4 is 39.4 Å². The summed E-state index contributed by atoms with van der Waals surface area (Å²) < 4.78 is 27.9. The first-order valence-electron chi connectivity index (χ1n) is 10.0. The molecule has 1 unspecified atom stereocenters. The van der Waals surface area contributed by atoms with Gasteiger partial charge in [0.2, 0.25) is 10.0 Å². The molecule has 2 aromatic carbocycles. The summed E-state index contributed by atoms with van der Waals surface area (Å²) in [6.07, 6.45) is 7.59. The Morgan fingerprint density at radius 3 is 2.55 bits per heavy atom. The summed E-state index contributed by atoms with van der Waals surface area (Å²) in [5, 5.41) is 11.1. The van der Waals surface area contributed by atoms with E-state index in [2.05, 4.69) is 16.9 Å². The number of carbonyl (C=O) groups is 1. The molecule has 0 radical (unpaired) electrons. The predicted octanol–water partition coefficient (Wildman–Crippen LogP) is 0.373. The topological polar surface area (TPSA) is 86.3 Å². The monoisotopic (exact) mass is 469 g/mol. The van der Waals surface area contributed by atoms with Crippen LogP contribution in [0.4, 0.5) is 0 Å². The first-order chi connectivity index (χ1) is 14.3. The summed E-state index contributed by atoms with van der Waals surface area (Å²) in [7, 11) is -3.61. The third-order valence-corrected chi connectivity index (χ3v) is 7.40. The van der Waals surface area contributed by atoms with Crippen LogP contribution in [0.5, 0.6) is 0 Å². The van der Waals surface area contributed by atoms with E-state index in [1.54, 1.807) is 12.1 Å². The summed E-state index contributed by atoms with van der Waals surface area (Å²) in [6, 6.07) is 14.4. The fraction of sp³-hybridized carbons (Fsp3) is 0.348. The van der Waals surface area contributed by atoms with Crippen LogP contribution in [0.2, 0.25) is 5.02 Å². The Kier molecular flexibility index (Phi) is 9.80. The normalized spacial score (nSPS) is 18.0. The molecule has 0 spiro atoms. The van der Waals surface area contributed by atoms with E-state index < -0.39 is 16.0 Å². The minimum atomic E-state index is -3.61. The van der Waals surface area contributed by atoms with E-state index in [1.807, 2.05) is 24.3 Å². The molecule has 1 N–H and O–H groups in total. The largest absolute Gasteiger partial charge is 1.00 e. The molecule has 3 rings (SSSR count). The Morgan fingerprint density at radius 2 is 1.84 bits per heavy atom. The van der Waals surface area contributed by atoms with Crippen LogP contribution in [0.25, 0.3) is 0 Å². The van der Waals surface area contributed by atoms with Crippen molar-refractivity contribution in [3.63, 3.8) is 0 Å². The SMILES string of the molecule is O=C([O-])CC/C=C\CC1(CCNS(=O)(=O)c2ccc(Cl)cc2)CCc2ccccc21.[Na+]. The fourth-order valence-electron chi connectivity index (χ4n) is 4.09. The van der Waals surface area contributed by atoms with Gasteiger partial charge in [-0.1, -0.05) is 48.0 Å². The number of allylic oxidation sites excluding steroid dienone is 2. The third kappa shape index (κ3) is 6.91. The van der Waals surface area contributed by atoms with E-state index in [4.69, 9.17) is 11.6 Å². The molecule has 31 heavy (non-hydrogen) atoms. The second-order valence-corrected chi connectivity index (χ2v) is 9.83. The average Bonchev–Trinajstić information content (AvgIpc) is 3.07. The number of benzene rings is 2. The number of aryl methyl sites for hydroxylation is 1. The number of hydrogen-bond donors (Lipinski definition) is 1. The molecule has 1 aliphatic carbocycles. The molecular formula is C23H25ClNNaO4S. The summed E-state index contributed by atoms with van der Waals surface area (Å²) >= 11 is 5.85. The molecule has 5 nitrogen and oxygen atoms in total. The molecule has 1 aliphatic rings. The Hall–Kier alpha value is -1.15. The quantitative estimate of drug-likeness (QED) is 0.402. The van der Waals surface area contributed by atoms with Crippen molar-refractivity contribution in [1.29, 1.82) is 0 Å². The van der Waals surface area contributed by atoms with E-state index in [0.29, 0.717) is 24.4 Å². The number of hydrogen-bond acceptors (Lipinski definition) is 4. The Bertz CT molecular complexity index is 1020. The molecule has 0 saturated heterocycles. The number of fused-ring (bicyclic) bond motifs is 1. The standard InChI is InChI=1S/C23H26ClNO4S.Na/c24-19-9-11-20(12-10-19)30(28,29)25-17-16-23(14-5-1-2-8-22(26)27)15-13-18-6-3-4-7-21(18)23;/h1,3-7,9-12,25H,2,8,13-17H2,(H,26,27);/q;+1/p-1/b5-1-;. The van der Waals surface area contributed by atoms with Gasteiger partial charge >= 0.3 is 29.6 Å². The molecule has 0 saturated carbocycles. The average molecular weight is 470 g/mol. The van der Waals surface area contributed by atoms with Crippen LogP contribution in [0, 0.1) is 0 Å². The van der Waals surface area contributed by atoms with Gasteiger partial charge in [-0.2, -0.15) is 0 Å². The molecule has 0 amide bonds. The predicted molar refractivity (Wildman–Crippen MR) is 116 cm³/mol. The molecule has 0 bridgehead atoms. The van der Waals surface area contributed by atoms with Crippen molar-refractivity contribution < 1.29 is 47.9 Å². The number of carbonyl (C=O) groups excluding carboxylic acids is 1. The van der Waals surface area contributed by atoms with Gasteiger partial charge in [0, 0.05) is 23.0 Å². The number of carboxylic acids is 1. The van der Waals surface area contributed by atoms with Crippen molar-refractivity contribution >= 4 is 27.6 Å². The van der Waals surface area contributed by atoms with Crippen LogP contribution >= 0.6 is 11.6 Å². The number of rotatable bonds is 10. The number of carboxylic acid groups (broad SMARTS) is 1. The van der Waals surface area contributed by atoms with E-state index in [9.17, 15) is 18.3 Å². The van der Waals surface area contributed by atoms with Crippen molar-refractivity contribution in [2.75, 3.05) is 6.54 Å². The van der Waals surface area contributed by atoms with Crippen molar-refractivity contribution in [3.05, 3.63) is 76.8 Å². The smallest absolute Gasteiger partial charge is 0.550 e. The van der Waals surface area contributed by atoms with Crippen molar-refractivity contribution in [1.82, 2.24) is 4.72 Å². The maximum absolute atomic E-state index is 12.6. The zero-order valence-corrected chi connectivity index (χ0v) is 21.2. The molecule has 0 heterocycles. The van der Waals surface area contributed by atoms with Crippen LogP contribution in [0.1, 0.15) is 43.2 Å². The Morgan fingerprint density at radius 1 is 1.13 bits per heavy atom. The number of aliphatic carboxylic acids is 1. The molecular weight excluding hydrogens is 445 g/mol. The van der Waals surface area contributed by atoms with Gasteiger partial charge in [-0.05, 0) is 73.9 Å². The molecule has 8 heteroatoms. The minimum Gasteiger partial charge on any atom is -0.550 e.